The van der Waals surface area contributed by atoms with Crippen LogP contribution in [0.4, 0.5) is 0 Å². The summed E-state index contributed by atoms with van der Waals surface area (Å²) in [6.07, 6.45) is 3.20. The predicted molar refractivity (Wildman–Crippen MR) is 86.9 cm³/mol. The first-order chi connectivity index (χ1) is 10.7. The van der Waals surface area contributed by atoms with Crippen molar-refractivity contribution in [1.82, 2.24) is 15.0 Å². The number of para-hydroxylation sites is 2. The Balaban J connectivity index is 1.63. The number of fused-ring (bicyclic) bond motifs is 1. The van der Waals surface area contributed by atoms with E-state index in [0.29, 0.717) is 5.02 Å². The number of rotatable bonds is 4. The van der Waals surface area contributed by atoms with Gasteiger partial charge in [0.2, 0.25) is 0 Å². The lowest BCUT2D eigenvalue weighted by atomic mass is 10.2. The third-order valence-corrected chi connectivity index (χ3v) is 3.33. The molecule has 0 radical (unpaired) electrons. The van der Waals surface area contributed by atoms with Gasteiger partial charge in [-0.1, -0.05) is 35.9 Å². The number of nitrogens with zero attached hydrogens (tertiary/aromatic N) is 3. The highest BCUT2D eigenvalue weighted by molar-refractivity contribution is 6.30. The van der Waals surface area contributed by atoms with Crippen LogP contribution in [0, 0.1) is 0 Å². The first-order valence-corrected chi connectivity index (χ1v) is 7.07. The van der Waals surface area contributed by atoms with E-state index >= 15 is 0 Å². The summed E-state index contributed by atoms with van der Waals surface area (Å²) in [5, 5.41) is 4.55. The lowest BCUT2D eigenvalue weighted by Gasteiger charge is -2.02. The molecule has 0 aliphatic rings. The second kappa shape index (κ2) is 6.41. The van der Waals surface area contributed by atoms with E-state index in [1.165, 1.54) is 0 Å². The Bertz CT molecular complexity index is 841. The molecule has 0 bridgehead atoms. The number of hydrogen-bond donors (Lipinski definition) is 1. The zero-order valence-corrected chi connectivity index (χ0v) is 12.4. The van der Waals surface area contributed by atoms with E-state index in [1.54, 1.807) is 29.2 Å². The summed E-state index contributed by atoms with van der Waals surface area (Å²) < 4.78 is 1.78. The Hall–Kier alpha value is -2.66. The average Bonchev–Trinajstić information content (AvgIpc) is 2.91. The van der Waals surface area contributed by atoms with Crippen molar-refractivity contribution in [1.29, 1.82) is 0 Å². The van der Waals surface area contributed by atoms with Gasteiger partial charge in [0.1, 0.15) is 6.54 Å². The minimum Gasteiger partial charge on any atom is -0.321 e. The average molecular weight is 313 g/mol. The zero-order chi connectivity index (χ0) is 15.4. The maximum absolute atomic E-state index is 11.9. The quantitative estimate of drug-likeness (QED) is 0.595. The highest BCUT2D eigenvalue weighted by Gasteiger charge is 2.05. The highest BCUT2D eigenvalue weighted by Crippen LogP contribution is 2.11. The van der Waals surface area contributed by atoms with E-state index in [9.17, 15) is 4.79 Å². The van der Waals surface area contributed by atoms with Gasteiger partial charge in [-0.2, -0.15) is 5.10 Å². The van der Waals surface area contributed by atoms with E-state index in [4.69, 9.17) is 11.6 Å². The molecule has 1 N–H and O–H groups in total. The molecule has 1 heterocycles. The third kappa shape index (κ3) is 3.32. The zero-order valence-electron chi connectivity index (χ0n) is 11.6. The van der Waals surface area contributed by atoms with Gasteiger partial charge in [0.15, 0.2) is 0 Å². The first kappa shape index (κ1) is 14.3. The summed E-state index contributed by atoms with van der Waals surface area (Å²) in [6, 6.07) is 14.9. The van der Waals surface area contributed by atoms with Crippen LogP contribution in [0.5, 0.6) is 0 Å². The normalized spacial score (nSPS) is 11.1. The fourth-order valence-corrected chi connectivity index (χ4v) is 2.29. The van der Waals surface area contributed by atoms with E-state index in [0.717, 1.165) is 16.6 Å². The molecule has 3 aromatic rings. The summed E-state index contributed by atoms with van der Waals surface area (Å²) in [6.45, 7) is 0.160. The maximum atomic E-state index is 11.9. The second-order valence-corrected chi connectivity index (χ2v) is 5.15. The van der Waals surface area contributed by atoms with Crippen LogP contribution in [-0.4, -0.2) is 21.7 Å². The highest BCUT2D eigenvalue weighted by atomic mass is 35.5. The third-order valence-electron chi connectivity index (χ3n) is 3.09. The van der Waals surface area contributed by atoms with Crippen LogP contribution >= 0.6 is 11.6 Å². The van der Waals surface area contributed by atoms with Crippen LogP contribution in [0.1, 0.15) is 5.56 Å². The molecule has 2 aromatic carbocycles. The lowest BCUT2D eigenvalue weighted by molar-refractivity contribution is -0.121. The van der Waals surface area contributed by atoms with Crippen LogP contribution < -0.4 is 5.43 Å². The molecule has 6 heteroatoms. The van der Waals surface area contributed by atoms with E-state index < -0.39 is 0 Å². The van der Waals surface area contributed by atoms with Crippen molar-refractivity contribution in [3.05, 3.63) is 65.4 Å². The summed E-state index contributed by atoms with van der Waals surface area (Å²) in [5.41, 5.74) is 5.09. The van der Waals surface area contributed by atoms with E-state index in [2.05, 4.69) is 15.5 Å². The number of aromatic nitrogens is 2. The van der Waals surface area contributed by atoms with Crippen LogP contribution in [0.3, 0.4) is 0 Å². The van der Waals surface area contributed by atoms with Gasteiger partial charge >= 0.3 is 0 Å². The molecule has 0 unspecified atom stereocenters. The van der Waals surface area contributed by atoms with Gasteiger partial charge in [-0.15, -0.1) is 0 Å². The van der Waals surface area contributed by atoms with Gasteiger partial charge in [0, 0.05) is 5.02 Å². The van der Waals surface area contributed by atoms with Crippen LogP contribution in [-0.2, 0) is 11.3 Å². The molecular formula is C16H13ClN4O. The maximum Gasteiger partial charge on any atom is 0.260 e. The Labute approximate surface area is 132 Å². The molecule has 5 nitrogen and oxygen atoms in total. The number of carbonyl (C=O) groups excluding carboxylic acids is 1. The molecule has 0 fully saturated rings. The molecule has 1 amide bonds. The van der Waals surface area contributed by atoms with E-state index in [-0.39, 0.29) is 12.5 Å². The minimum absolute atomic E-state index is 0.160. The molecule has 0 aliphatic carbocycles. The fourth-order valence-electron chi connectivity index (χ4n) is 2.09. The van der Waals surface area contributed by atoms with Crippen molar-refractivity contribution in [2.75, 3.05) is 0 Å². The van der Waals surface area contributed by atoms with Crippen molar-refractivity contribution in [3.8, 4) is 0 Å². The Morgan fingerprint density at radius 3 is 3.00 bits per heavy atom. The SMILES string of the molecule is O=C(Cn1cnc2ccccc21)N/N=C/c1cccc(Cl)c1. The standard InChI is InChI=1S/C16H13ClN4O/c17-13-5-3-4-12(8-13)9-19-20-16(22)10-21-11-18-14-6-1-2-7-15(14)21/h1-9,11H,10H2,(H,20,22)/b19-9+. The predicted octanol–water partition coefficient (Wildman–Crippen LogP) is 2.84. The number of carbonyl (C=O) groups is 1. The fraction of sp³-hybridized carbons (Fsp3) is 0.0625. The lowest BCUT2D eigenvalue weighted by Crippen LogP contribution is -2.22. The number of halogens is 1. The van der Waals surface area contributed by atoms with Gasteiger partial charge in [0.25, 0.3) is 5.91 Å². The first-order valence-electron chi connectivity index (χ1n) is 6.70. The van der Waals surface area contributed by atoms with Gasteiger partial charge in [-0.3, -0.25) is 4.79 Å². The monoisotopic (exact) mass is 312 g/mol. The molecule has 0 saturated carbocycles. The summed E-state index contributed by atoms with van der Waals surface area (Å²) in [4.78, 5) is 16.2. The Kier molecular flexibility index (Phi) is 4.16. The molecular weight excluding hydrogens is 300 g/mol. The smallest absolute Gasteiger partial charge is 0.260 e. The van der Waals surface area contributed by atoms with Gasteiger partial charge in [-0.05, 0) is 29.8 Å². The van der Waals surface area contributed by atoms with Crippen LogP contribution in [0.15, 0.2) is 60.0 Å². The molecule has 0 atom stereocenters. The minimum atomic E-state index is -0.221. The number of hydrazone groups is 1. The molecule has 110 valence electrons. The topological polar surface area (TPSA) is 59.3 Å². The number of amides is 1. The molecule has 0 spiro atoms. The number of hydrogen-bond acceptors (Lipinski definition) is 3. The van der Waals surface area contributed by atoms with Gasteiger partial charge in [-0.25, -0.2) is 10.4 Å². The molecule has 0 saturated heterocycles. The van der Waals surface area contributed by atoms with Gasteiger partial charge < -0.3 is 4.57 Å². The second-order valence-electron chi connectivity index (χ2n) is 4.71. The Morgan fingerprint density at radius 1 is 1.27 bits per heavy atom. The molecule has 22 heavy (non-hydrogen) atoms. The largest absolute Gasteiger partial charge is 0.321 e. The van der Waals surface area contributed by atoms with Crippen molar-refractivity contribution >= 4 is 34.8 Å². The summed E-state index contributed by atoms with van der Waals surface area (Å²) in [5.74, 6) is -0.221. The Morgan fingerprint density at radius 2 is 2.14 bits per heavy atom. The molecule has 0 aliphatic heterocycles. The summed E-state index contributed by atoms with van der Waals surface area (Å²) >= 11 is 5.88. The van der Waals surface area contributed by atoms with Crippen LogP contribution in [0.2, 0.25) is 5.02 Å². The van der Waals surface area contributed by atoms with Crippen molar-refractivity contribution in [2.24, 2.45) is 5.10 Å². The molecule has 1 aromatic heterocycles. The number of nitrogens with one attached hydrogen (secondary N) is 1. The van der Waals surface area contributed by atoms with Gasteiger partial charge in [0.05, 0.1) is 23.6 Å². The van der Waals surface area contributed by atoms with Crippen molar-refractivity contribution in [3.63, 3.8) is 0 Å². The summed E-state index contributed by atoms with van der Waals surface area (Å²) in [7, 11) is 0. The number of benzene rings is 2. The van der Waals surface area contributed by atoms with Crippen molar-refractivity contribution < 1.29 is 4.79 Å². The number of imidazole rings is 1. The van der Waals surface area contributed by atoms with E-state index in [1.807, 2.05) is 36.4 Å². The van der Waals surface area contributed by atoms with Crippen LogP contribution in [0.25, 0.3) is 11.0 Å². The molecule has 3 rings (SSSR count). The van der Waals surface area contributed by atoms with Crippen molar-refractivity contribution in [2.45, 2.75) is 6.54 Å².